The SMILES string of the molecule is O=C(NNC(=O)c1cn2cc(C(F)(F)F)cc(Cl)c2n1)c1ccccc1. The molecule has 2 N–H and O–H groups in total. The van der Waals surface area contributed by atoms with Crippen LogP contribution in [0.1, 0.15) is 26.4 Å². The number of hydrogen-bond donors (Lipinski definition) is 2. The molecule has 2 heterocycles. The van der Waals surface area contributed by atoms with Crippen LogP contribution >= 0.6 is 11.6 Å². The van der Waals surface area contributed by atoms with E-state index in [1.54, 1.807) is 30.3 Å². The third-order valence-electron chi connectivity index (χ3n) is 3.39. The first-order valence-corrected chi connectivity index (χ1v) is 7.54. The van der Waals surface area contributed by atoms with Crippen LogP contribution in [0.15, 0.2) is 48.8 Å². The highest BCUT2D eigenvalue weighted by atomic mass is 35.5. The minimum atomic E-state index is -4.59. The second-order valence-corrected chi connectivity index (χ2v) is 5.61. The molecule has 0 radical (unpaired) electrons. The Morgan fingerprint density at radius 1 is 1.04 bits per heavy atom. The predicted molar refractivity (Wildman–Crippen MR) is 86.6 cm³/mol. The maximum Gasteiger partial charge on any atom is 0.417 e. The zero-order valence-corrected chi connectivity index (χ0v) is 13.6. The van der Waals surface area contributed by atoms with Crippen LogP contribution in [0.5, 0.6) is 0 Å². The van der Waals surface area contributed by atoms with Crippen LogP contribution in [0, 0.1) is 0 Å². The Hall–Kier alpha value is -3.07. The van der Waals surface area contributed by atoms with E-state index in [9.17, 15) is 22.8 Å². The number of amides is 2. The molecule has 3 aromatic rings. The number of hydrazine groups is 1. The fourth-order valence-electron chi connectivity index (χ4n) is 2.16. The first-order chi connectivity index (χ1) is 12.3. The lowest BCUT2D eigenvalue weighted by Gasteiger charge is -2.07. The largest absolute Gasteiger partial charge is 0.417 e. The Morgan fingerprint density at radius 3 is 2.35 bits per heavy atom. The minimum absolute atomic E-state index is 0.0146. The lowest BCUT2D eigenvalue weighted by Crippen LogP contribution is -2.41. The molecule has 134 valence electrons. The highest BCUT2D eigenvalue weighted by molar-refractivity contribution is 6.33. The molecule has 0 aliphatic heterocycles. The van der Waals surface area contributed by atoms with Crippen molar-refractivity contribution in [3.63, 3.8) is 0 Å². The van der Waals surface area contributed by atoms with Gasteiger partial charge in [-0.1, -0.05) is 29.8 Å². The first-order valence-electron chi connectivity index (χ1n) is 7.17. The van der Waals surface area contributed by atoms with Crippen LogP contribution in [-0.4, -0.2) is 21.2 Å². The number of pyridine rings is 1. The van der Waals surface area contributed by atoms with E-state index in [-0.39, 0.29) is 16.4 Å². The number of carbonyl (C=O) groups excluding carboxylic acids is 2. The number of nitrogens with one attached hydrogen (secondary N) is 2. The van der Waals surface area contributed by atoms with Crippen LogP contribution < -0.4 is 10.9 Å². The van der Waals surface area contributed by atoms with E-state index in [0.717, 1.165) is 22.9 Å². The van der Waals surface area contributed by atoms with Gasteiger partial charge in [0.25, 0.3) is 11.8 Å². The van der Waals surface area contributed by atoms with Gasteiger partial charge in [0.05, 0.1) is 10.6 Å². The van der Waals surface area contributed by atoms with Crippen LogP contribution in [0.3, 0.4) is 0 Å². The summed E-state index contributed by atoms with van der Waals surface area (Å²) in [5.41, 5.74) is 3.46. The topological polar surface area (TPSA) is 75.5 Å². The van der Waals surface area contributed by atoms with Crippen LogP contribution in [0.4, 0.5) is 13.2 Å². The molecule has 10 heteroatoms. The summed E-state index contributed by atoms with van der Waals surface area (Å²) in [6.07, 6.45) is -2.73. The van der Waals surface area contributed by atoms with Gasteiger partial charge in [-0.15, -0.1) is 0 Å². The summed E-state index contributed by atoms with van der Waals surface area (Å²) >= 11 is 5.81. The number of benzene rings is 1. The number of nitrogens with zero attached hydrogens (tertiary/aromatic N) is 2. The van der Waals surface area contributed by atoms with E-state index >= 15 is 0 Å². The van der Waals surface area contributed by atoms with Crippen LogP contribution in [0.25, 0.3) is 5.65 Å². The second kappa shape index (κ2) is 6.68. The van der Waals surface area contributed by atoms with E-state index < -0.39 is 23.6 Å². The standard InChI is InChI=1S/C16H10ClF3N4O2/c17-11-6-10(16(18,19)20)7-24-8-12(21-13(11)24)15(26)23-22-14(25)9-4-2-1-3-5-9/h1-8H,(H,22,25)(H,23,26). The zero-order valence-electron chi connectivity index (χ0n) is 12.8. The molecule has 0 saturated carbocycles. The van der Waals surface area contributed by atoms with Crippen molar-refractivity contribution >= 4 is 29.1 Å². The molecule has 0 spiro atoms. The summed E-state index contributed by atoms with van der Waals surface area (Å²) < 4.78 is 39.4. The number of halogens is 4. The van der Waals surface area contributed by atoms with Gasteiger partial charge in [0.1, 0.15) is 5.69 Å². The molecule has 0 unspecified atom stereocenters. The van der Waals surface area contributed by atoms with Gasteiger partial charge in [-0.2, -0.15) is 13.2 Å². The number of rotatable bonds is 2. The first kappa shape index (κ1) is 17.7. The summed E-state index contributed by atoms with van der Waals surface area (Å²) in [6, 6.07) is 8.85. The summed E-state index contributed by atoms with van der Waals surface area (Å²) in [4.78, 5) is 27.8. The quantitative estimate of drug-likeness (QED) is 0.669. The van der Waals surface area contributed by atoms with Crippen molar-refractivity contribution in [2.24, 2.45) is 0 Å². The van der Waals surface area contributed by atoms with Crippen molar-refractivity contribution in [3.8, 4) is 0 Å². The van der Waals surface area contributed by atoms with Gasteiger partial charge in [0, 0.05) is 18.0 Å². The summed E-state index contributed by atoms with van der Waals surface area (Å²) in [5.74, 6) is -1.36. The lowest BCUT2D eigenvalue weighted by molar-refractivity contribution is -0.137. The van der Waals surface area contributed by atoms with E-state index in [1.807, 2.05) is 0 Å². The highest BCUT2D eigenvalue weighted by Gasteiger charge is 2.32. The Balaban J connectivity index is 1.78. The molecule has 6 nitrogen and oxygen atoms in total. The Labute approximate surface area is 149 Å². The van der Waals surface area contributed by atoms with Gasteiger partial charge in [0.15, 0.2) is 5.65 Å². The number of imidazole rings is 1. The van der Waals surface area contributed by atoms with Crippen molar-refractivity contribution in [1.29, 1.82) is 0 Å². The van der Waals surface area contributed by atoms with E-state index in [2.05, 4.69) is 15.8 Å². The summed E-state index contributed by atoms with van der Waals surface area (Å²) in [6.45, 7) is 0. The fourth-order valence-corrected chi connectivity index (χ4v) is 2.42. The third kappa shape index (κ3) is 3.62. The molecular formula is C16H10ClF3N4O2. The second-order valence-electron chi connectivity index (χ2n) is 5.21. The smallest absolute Gasteiger partial charge is 0.304 e. The highest BCUT2D eigenvalue weighted by Crippen LogP contribution is 2.32. The third-order valence-corrected chi connectivity index (χ3v) is 3.67. The molecule has 2 aromatic heterocycles. The van der Waals surface area contributed by atoms with Crippen LogP contribution in [-0.2, 0) is 6.18 Å². The molecule has 0 atom stereocenters. The number of carbonyl (C=O) groups is 2. The van der Waals surface area contributed by atoms with E-state index in [4.69, 9.17) is 11.6 Å². The monoisotopic (exact) mass is 382 g/mol. The molecule has 0 saturated heterocycles. The molecule has 1 aromatic carbocycles. The number of hydrogen-bond acceptors (Lipinski definition) is 3. The molecule has 26 heavy (non-hydrogen) atoms. The maximum atomic E-state index is 12.8. The van der Waals surface area contributed by atoms with Gasteiger partial charge < -0.3 is 4.40 Å². The van der Waals surface area contributed by atoms with Gasteiger partial charge in [-0.3, -0.25) is 20.4 Å². The zero-order chi connectivity index (χ0) is 18.9. The van der Waals surface area contributed by atoms with E-state index in [0.29, 0.717) is 5.56 Å². The Kier molecular flexibility index (Phi) is 4.56. The number of fused-ring (bicyclic) bond motifs is 1. The van der Waals surface area contributed by atoms with Gasteiger partial charge in [-0.25, -0.2) is 4.98 Å². The lowest BCUT2D eigenvalue weighted by atomic mass is 10.2. The summed E-state index contributed by atoms with van der Waals surface area (Å²) in [7, 11) is 0. The molecule has 0 bridgehead atoms. The molecular weight excluding hydrogens is 373 g/mol. The van der Waals surface area contributed by atoms with Crippen molar-refractivity contribution in [2.45, 2.75) is 6.18 Å². The molecule has 0 fully saturated rings. The minimum Gasteiger partial charge on any atom is -0.304 e. The number of aromatic nitrogens is 2. The average Bonchev–Trinajstić information content (AvgIpc) is 3.04. The predicted octanol–water partition coefficient (Wildman–Crippen LogP) is 3.08. The van der Waals surface area contributed by atoms with Crippen molar-refractivity contribution in [3.05, 3.63) is 70.6 Å². The van der Waals surface area contributed by atoms with Crippen molar-refractivity contribution in [2.75, 3.05) is 0 Å². The van der Waals surface area contributed by atoms with E-state index in [1.165, 1.54) is 0 Å². The van der Waals surface area contributed by atoms with Gasteiger partial charge in [-0.05, 0) is 18.2 Å². The fraction of sp³-hybridized carbons (Fsp3) is 0.0625. The van der Waals surface area contributed by atoms with Crippen LogP contribution in [0.2, 0.25) is 5.02 Å². The van der Waals surface area contributed by atoms with Crippen molar-refractivity contribution < 1.29 is 22.8 Å². The Bertz CT molecular complexity index is 986. The average molecular weight is 383 g/mol. The molecule has 3 rings (SSSR count). The Morgan fingerprint density at radius 2 is 1.69 bits per heavy atom. The normalized spacial score (nSPS) is 11.4. The molecule has 2 amide bonds. The van der Waals surface area contributed by atoms with Crippen molar-refractivity contribution in [1.82, 2.24) is 20.2 Å². The maximum absolute atomic E-state index is 12.8. The summed E-state index contributed by atoms with van der Waals surface area (Å²) in [5, 5.41) is -0.257. The van der Waals surface area contributed by atoms with Gasteiger partial charge >= 0.3 is 6.18 Å². The number of alkyl halides is 3. The molecule has 0 aliphatic carbocycles. The molecule has 0 aliphatic rings. The van der Waals surface area contributed by atoms with Gasteiger partial charge in [0.2, 0.25) is 0 Å².